The maximum Gasteiger partial charge on any atom is 0.182 e. The largest absolute Gasteiger partial charge is 0.330 e. The fourth-order valence-corrected chi connectivity index (χ4v) is 2.94. The van der Waals surface area contributed by atoms with Gasteiger partial charge in [0.15, 0.2) is 4.77 Å². The van der Waals surface area contributed by atoms with Gasteiger partial charge in [0.2, 0.25) is 0 Å². The number of halogens is 4. The number of fused-ring (bicyclic) bond motifs is 1. The van der Waals surface area contributed by atoms with Gasteiger partial charge in [-0.1, -0.05) is 11.6 Å². The molecule has 7 heteroatoms. The monoisotopic (exact) mass is 422 g/mol. The van der Waals surface area contributed by atoms with Gasteiger partial charge in [0.25, 0.3) is 0 Å². The van der Waals surface area contributed by atoms with Crippen LogP contribution in [-0.2, 0) is 0 Å². The van der Waals surface area contributed by atoms with Gasteiger partial charge in [-0.3, -0.25) is 4.57 Å². The van der Waals surface area contributed by atoms with Crippen LogP contribution < -0.4 is 0 Å². The SMILES string of the molecule is Fc1cc2c(cc1I)[nH]c(=S)n2-c1cc(Cl)ccc1F. The zero-order chi connectivity index (χ0) is 14.4. The lowest BCUT2D eigenvalue weighted by molar-refractivity contribution is 0.616. The van der Waals surface area contributed by atoms with Gasteiger partial charge in [0.05, 0.1) is 20.3 Å². The molecule has 1 aromatic heterocycles. The van der Waals surface area contributed by atoms with Gasteiger partial charge in [0, 0.05) is 11.1 Å². The summed E-state index contributed by atoms with van der Waals surface area (Å²) in [5.74, 6) is -0.867. The lowest BCUT2D eigenvalue weighted by atomic mass is 10.2. The van der Waals surface area contributed by atoms with Gasteiger partial charge in [-0.15, -0.1) is 0 Å². The van der Waals surface area contributed by atoms with Crippen molar-refractivity contribution in [2.24, 2.45) is 0 Å². The Morgan fingerprint density at radius 3 is 2.65 bits per heavy atom. The topological polar surface area (TPSA) is 20.7 Å². The lowest BCUT2D eigenvalue weighted by Crippen LogP contribution is -1.98. The Kier molecular flexibility index (Phi) is 3.55. The minimum atomic E-state index is -0.481. The van der Waals surface area contributed by atoms with Crippen LogP contribution in [0.3, 0.4) is 0 Å². The molecular formula is C13H6ClF2IN2S. The van der Waals surface area contributed by atoms with E-state index in [9.17, 15) is 8.78 Å². The van der Waals surface area contributed by atoms with Gasteiger partial charge in [0.1, 0.15) is 11.6 Å². The maximum absolute atomic E-state index is 14.0. The zero-order valence-electron chi connectivity index (χ0n) is 9.75. The quantitative estimate of drug-likeness (QED) is 0.421. The fourth-order valence-electron chi connectivity index (χ4n) is 2.00. The molecule has 20 heavy (non-hydrogen) atoms. The van der Waals surface area contributed by atoms with Crippen LogP contribution in [0, 0.1) is 20.0 Å². The average Bonchev–Trinajstić information content (AvgIpc) is 2.69. The number of benzene rings is 2. The Bertz CT molecular complexity index is 888. The molecule has 0 unspecified atom stereocenters. The molecule has 0 radical (unpaired) electrons. The van der Waals surface area contributed by atoms with E-state index in [4.69, 9.17) is 23.8 Å². The molecule has 2 aromatic carbocycles. The number of imidazole rings is 1. The van der Waals surface area contributed by atoms with Gasteiger partial charge < -0.3 is 4.98 Å². The van der Waals surface area contributed by atoms with E-state index in [0.29, 0.717) is 19.6 Å². The van der Waals surface area contributed by atoms with Crippen molar-refractivity contribution >= 4 is 57.4 Å². The second-order valence-electron chi connectivity index (χ2n) is 4.14. The summed E-state index contributed by atoms with van der Waals surface area (Å²) in [5.41, 5.74) is 1.30. The molecule has 0 saturated heterocycles. The number of nitrogens with zero attached hydrogens (tertiary/aromatic N) is 1. The first-order valence-electron chi connectivity index (χ1n) is 5.52. The molecule has 102 valence electrons. The van der Waals surface area contributed by atoms with Crippen molar-refractivity contribution < 1.29 is 8.78 Å². The molecule has 0 saturated carbocycles. The Morgan fingerprint density at radius 2 is 1.90 bits per heavy atom. The standard InChI is InChI=1S/C13H6ClF2IN2S/c14-6-1-2-7(15)11(3-6)19-12-4-8(16)9(17)5-10(12)18-13(19)20/h1-5H,(H,18,20). The number of hydrogen-bond donors (Lipinski definition) is 1. The number of aromatic nitrogens is 2. The molecule has 3 aromatic rings. The highest BCUT2D eigenvalue weighted by Crippen LogP contribution is 2.26. The van der Waals surface area contributed by atoms with Crippen LogP contribution in [0.4, 0.5) is 8.78 Å². The van der Waals surface area contributed by atoms with Crippen LogP contribution in [0.25, 0.3) is 16.7 Å². The third-order valence-electron chi connectivity index (χ3n) is 2.87. The van der Waals surface area contributed by atoms with Crippen molar-refractivity contribution in [1.82, 2.24) is 9.55 Å². The minimum Gasteiger partial charge on any atom is -0.330 e. The van der Waals surface area contributed by atoms with E-state index in [1.807, 2.05) is 22.6 Å². The molecule has 0 bridgehead atoms. The van der Waals surface area contributed by atoms with E-state index < -0.39 is 5.82 Å². The van der Waals surface area contributed by atoms with E-state index in [1.54, 1.807) is 6.07 Å². The van der Waals surface area contributed by atoms with Gasteiger partial charge in [-0.2, -0.15) is 0 Å². The van der Waals surface area contributed by atoms with Gasteiger partial charge >= 0.3 is 0 Å². The highest BCUT2D eigenvalue weighted by molar-refractivity contribution is 14.1. The molecule has 1 heterocycles. The predicted molar refractivity (Wildman–Crippen MR) is 86.1 cm³/mol. The van der Waals surface area contributed by atoms with Crippen molar-refractivity contribution in [1.29, 1.82) is 0 Å². The van der Waals surface area contributed by atoms with E-state index in [1.165, 1.54) is 28.8 Å². The summed E-state index contributed by atoms with van der Waals surface area (Å²) in [4.78, 5) is 2.94. The van der Waals surface area contributed by atoms with Crippen molar-refractivity contribution in [3.05, 3.63) is 55.3 Å². The summed E-state index contributed by atoms with van der Waals surface area (Å²) in [5, 5.41) is 0.378. The highest BCUT2D eigenvalue weighted by Gasteiger charge is 2.13. The van der Waals surface area contributed by atoms with Crippen molar-refractivity contribution in [3.8, 4) is 5.69 Å². The summed E-state index contributed by atoms with van der Waals surface area (Å²) in [6.45, 7) is 0. The first-order valence-corrected chi connectivity index (χ1v) is 7.39. The summed E-state index contributed by atoms with van der Waals surface area (Å²) in [6, 6.07) is 7.10. The molecular weight excluding hydrogens is 417 g/mol. The molecule has 0 atom stereocenters. The van der Waals surface area contributed by atoms with Crippen molar-refractivity contribution in [3.63, 3.8) is 0 Å². The first-order chi connectivity index (χ1) is 9.47. The number of H-pyrrole nitrogens is 1. The first kappa shape index (κ1) is 14.0. The number of hydrogen-bond acceptors (Lipinski definition) is 1. The van der Waals surface area contributed by atoms with Gasteiger partial charge in [-0.25, -0.2) is 8.78 Å². The van der Waals surface area contributed by atoms with Gasteiger partial charge in [-0.05, 0) is 59.1 Å². The van der Waals surface area contributed by atoms with Crippen LogP contribution in [0.5, 0.6) is 0 Å². The van der Waals surface area contributed by atoms with Crippen LogP contribution in [-0.4, -0.2) is 9.55 Å². The predicted octanol–water partition coefficient (Wildman–Crippen LogP) is 5.22. The Hall–Kier alpha value is -0.990. The van der Waals surface area contributed by atoms with E-state index in [0.717, 1.165) is 0 Å². The van der Waals surface area contributed by atoms with E-state index >= 15 is 0 Å². The smallest absolute Gasteiger partial charge is 0.182 e. The molecule has 0 aliphatic rings. The second-order valence-corrected chi connectivity index (χ2v) is 6.13. The molecule has 1 N–H and O–H groups in total. The van der Waals surface area contributed by atoms with Crippen molar-refractivity contribution in [2.45, 2.75) is 0 Å². The van der Waals surface area contributed by atoms with E-state index in [2.05, 4.69) is 4.98 Å². The Labute approximate surface area is 136 Å². The molecule has 2 nitrogen and oxygen atoms in total. The summed E-state index contributed by atoms with van der Waals surface area (Å²) in [7, 11) is 0. The Morgan fingerprint density at radius 1 is 1.15 bits per heavy atom. The molecule has 0 aliphatic carbocycles. The van der Waals surface area contributed by atoms with Crippen LogP contribution in [0.1, 0.15) is 0 Å². The van der Waals surface area contributed by atoms with Crippen LogP contribution in [0.2, 0.25) is 5.02 Å². The van der Waals surface area contributed by atoms with Crippen molar-refractivity contribution in [2.75, 3.05) is 0 Å². The van der Waals surface area contributed by atoms with Crippen LogP contribution >= 0.6 is 46.4 Å². The second kappa shape index (κ2) is 5.09. The summed E-state index contributed by atoms with van der Waals surface area (Å²) >= 11 is 13.0. The third-order valence-corrected chi connectivity index (χ3v) is 4.22. The highest BCUT2D eigenvalue weighted by atomic mass is 127. The summed E-state index contributed by atoms with van der Waals surface area (Å²) in [6.07, 6.45) is 0. The fraction of sp³-hybridized carbons (Fsp3) is 0. The molecule has 0 spiro atoms. The van der Waals surface area contributed by atoms with E-state index in [-0.39, 0.29) is 16.3 Å². The zero-order valence-corrected chi connectivity index (χ0v) is 13.5. The molecule has 3 rings (SSSR count). The Balaban J connectivity index is 2.42. The average molecular weight is 423 g/mol. The summed E-state index contributed by atoms with van der Waals surface area (Å²) < 4.78 is 29.9. The molecule has 0 amide bonds. The molecule has 0 fully saturated rings. The number of aromatic amines is 1. The number of nitrogens with one attached hydrogen (secondary N) is 1. The third kappa shape index (κ3) is 2.25. The minimum absolute atomic E-state index is 0.189. The molecule has 0 aliphatic heterocycles. The van der Waals surface area contributed by atoms with Crippen LogP contribution in [0.15, 0.2) is 30.3 Å². The number of rotatable bonds is 1. The normalized spacial score (nSPS) is 11.2. The lowest BCUT2D eigenvalue weighted by Gasteiger charge is -2.07. The maximum atomic E-state index is 14.0.